The summed E-state index contributed by atoms with van der Waals surface area (Å²) in [7, 11) is 0. The number of nitrogens with zero attached hydrogens (tertiary/aromatic N) is 2. The number of rotatable bonds is 0. The fourth-order valence-corrected chi connectivity index (χ4v) is 2.20. The molecule has 15 heavy (non-hydrogen) atoms. The molecule has 76 valence electrons. The van der Waals surface area contributed by atoms with Crippen molar-refractivity contribution in [2.75, 3.05) is 5.32 Å². The number of hydrogen-bond donors (Lipinski definition) is 1. The third-order valence-corrected chi connectivity index (χ3v) is 2.95. The van der Waals surface area contributed by atoms with Gasteiger partial charge in [-0.15, -0.1) is 0 Å². The van der Waals surface area contributed by atoms with Crippen LogP contribution in [-0.2, 0) is 11.3 Å². The summed E-state index contributed by atoms with van der Waals surface area (Å²) in [6.07, 6.45) is 1.61. The Morgan fingerprint density at radius 2 is 2.40 bits per heavy atom. The standard InChI is InChI=1S/C9H5BrFN3O/c10-5-1-4-2-12-14-3-6(15)13-8(7(5)11)9(4)14/h1-2H,3H2,(H,13,15). The summed E-state index contributed by atoms with van der Waals surface area (Å²) >= 11 is 3.10. The van der Waals surface area contributed by atoms with E-state index in [9.17, 15) is 9.18 Å². The summed E-state index contributed by atoms with van der Waals surface area (Å²) in [6, 6.07) is 1.65. The highest BCUT2D eigenvalue weighted by molar-refractivity contribution is 9.10. The van der Waals surface area contributed by atoms with E-state index >= 15 is 0 Å². The van der Waals surface area contributed by atoms with Crippen molar-refractivity contribution < 1.29 is 9.18 Å². The van der Waals surface area contributed by atoms with Crippen LogP contribution in [0.5, 0.6) is 0 Å². The minimum absolute atomic E-state index is 0.136. The maximum atomic E-state index is 13.7. The molecule has 1 aliphatic rings. The lowest BCUT2D eigenvalue weighted by Gasteiger charge is -2.16. The molecule has 0 spiro atoms. The number of hydrogen-bond acceptors (Lipinski definition) is 2. The normalized spacial score (nSPS) is 14.4. The van der Waals surface area contributed by atoms with Gasteiger partial charge >= 0.3 is 0 Å². The van der Waals surface area contributed by atoms with Crippen LogP contribution in [0, 0.1) is 5.82 Å². The first-order chi connectivity index (χ1) is 7.16. The number of carbonyl (C=O) groups is 1. The van der Waals surface area contributed by atoms with Gasteiger partial charge in [0.2, 0.25) is 5.91 Å². The Bertz CT molecular complexity index is 593. The summed E-state index contributed by atoms with van der Waals surface area (Å²) in [6.45, 7) is 0.136. The second kappa shape index (κ2) is 2.79. The van der Waals surface area contributed by atoms with Gasteiger partial charge in [0.05, 0.1) is 16.2 Å². The molecule has 1 aromatic carbocycles. The molecule has 0 aliphatic carbocycles. The summed E-state index contributed by atoms with van der Waals surface area (Å²) in [5.41, 5.74) is 0.837. The molecule has 0 atom stereocenters. The predicted octanol–water partition coefficient (Wildman–Crippen LogP) is 1.89. The van der Waals surface area contributed by atoms with Crippen LogP contribution in [-0.4, -0.2) is 15.7 Å². The monoisotopic (exact) mass is 269 g/mol. The van der Waals surface area contributed by atoms with Gasteiger partial charge in [0, 0.05) is 5.39 Å². The van der Waals surface area contributed by atoms with E-state index in [-0.39, 0.29) is 18.1 Å². The molecule has 0 radical (unpaired) electrons. The molecular formula is C9H5BrFN3O. The zero-order valence-corrected chi connectivity index (χ0v) is 9.01. The summed E-state index contributed by atoms with van der Waals surface area (Å²) < 4.78 is 15.5. The molecule has 1 amide bonds. The third kappa shape index (κ3) is 1.11. The maximum absolute atomic E-state index is 13.7. The number of nitrogens with one attached hydrogen (secondary N) is 1. The molecule has 0 fully saturated rings. The molecule has 4 nitrogen and oxygen atoms in total. The molecular weight excluding hydrogens is 265 g/mol. The van der Waals surface area contributed by atoms with Crippen molar-refractivity contribution in [2.24, 2.45) is 0 Å². The number of amides is 1. The fraction of sp³-hybridized carbons (Fsp3) is 0.111. The maximum Gasteiger partial charge on any atom is 0.246 e. The van der Waals surface area contributed by atoms with Crippen molar-refractivity contribution >= 4 is 38.4 Å². The highest BCUT2D eigenvalue weighted by Gasteiger charge is 2.23. The van der Waals surface area contributed by atoms with Crippen LogP contribution < -0.4 is 5.32 Å². The fourth-order valence-electron chi connectivity index (χ4n) is 1.75. The van der Waals surface area contributed by atoms with Crippen molar-refractivity contribution in [3.63, 3.8) is 0 Å². The van der Waals surface area contributed by atoms with E-state index in [1.807, 2.05) is 0 Å². The van der Waals surface area contributed by atoms with Gasteiger partial charge in [-0.1, -0.05) is 0 Å². The van der Waals surface area contributed by atoms with Crippen LogP contribution in [0.4, 0.5) is 10.1 Å². The third-order valence-electron chi connectivity index (χ3n) is 2.37. The first-order valence-corrected chi connectivity index (χ1v) is 5.09. The van der Waals surface area contributed by atoms with Crippen LogP contribution in [0.3, 0.4) is 0 Å². The average Bonchev–Trinajstić information content (AvgIpc) is 2.57. The Hall–Kier alpha value is -1.43. The van der Waals surface area contributed by atoms with Crippen molar-refractivity contribution in [1.29, 1.82) is 0 Å². The highest BCUT2D eigenvalue weighted by atomic mass is 79.9. The Kier molecular flexibility index (Phi) is 1.64. The van der Waals surface area contributed by atoms with Gasteiger partial charge in [-0.3, -0.25) is 9.48 Å². The largest absolute Gasteiger partial charge is 0.320 e. The lowest BCUT2D eigenvalue weighted by atomic mass is 10.2. The van der Waals surface area contributed by atoms with E-state index in [1.165, 1.54) is 4.68 Å². The van der Waals surface area contributed by atoms with Crippen molar-refractivity contribution in [3.8, 4) is 0 Å². The van der Waals surface area contributed by atoms with Gasteiger partial charge in [0.1, 0.15) is 12.2 Å². The molecule has 6 heteroatoms. The summed E-state index contributed by atoms with van der Waals surface area (Å²) in [5, 5.41) is 7.35. The van der Waals surface area contributed by atoms with Crippen LogP contribution >= 0.6 is 15.9 Å². The molecule has 1 aromatic heterocycles. The number of carbonyl (C=O) groups excluding carboxylic acids is 1. The van der Waals surface area contributed by atoms with E-state index < -0.39 is 5.82 Å². The Labute approximate surface area is 92.2 Å². The summed E-state index contributed by atoms with van der Waals surface area (Å²) in [4.78, 5) is 11.3. The van der Waals surface area contributed by atoms with E-state index in [2.05, 4.69) is 26.3 Å². The molecule has 2 aromatic rings. The molecule has 1 N–H and O–H groups in total. The Morgan fingerprint density at radius 3 is 3.20 bits per heavy atom. The van der Waals surface area contributed by atoms with Gasteiger partial charge in [-0.25, -0.2) is 4.39 Å². The van der Waals surface area contributed by atoms with Crippen molar-refractivity contribution in [1.82, 2.24) is 9.78 Å². The zero-order chi connectivity index (χ0) is 10.6. The van der Waals surface area contributed by atoms with Crippen LogP contribution in [0.2, 0.25) is 0 Å². The van der Waals surface area contributed by atoms with Gasteiger partial charge in [0.15, 0.2) is 5.82 Å². The van der Waals surface area contributed by atoms with Crippen molar-refractivity contribution in [2.45, 2.75) is 6.54 Å². The second-order valence-electron chi connectivity index (χ2n) is 3.34. The molecule has 0 saturated heterocycles. The number of benzene rings is 1. The second-order valence-corrected chi connectivity index (χ2v) is 4.19. The van der Waals surface area contributed by atoms with Gasteiger partial charge in [-0.05, 0) is 22.0 Å². The van der Waals surface area contributed by atoms with Crippen LogP contribution in [0.1, 0.15) is 0 Å². The molecule has 0 unspecified atom stereocenters. The van der Waals surface area contributed by atoms with E-state index in [4.69, 9.17) is 0 Å². The zero-order valence-electron chi connectivity index (χ0n) is 7.42. The molecule has 2 heterocycles. The van der Waals surface area contributed by atoms with Crippen LogP contribution in [0.15, 0.2) is 16.7 Å². The topological polar surface area (TPSA) is 46.9 Å². The van der Waals surface area contributed by atoms with Gasteiger partial charge in [0.25, 0.3) is 0 Å². The number of anilines is 1. The molecule has 3 rings (SSSR count). The lowest BCUT2D eigenvalue weighted by Crippen LogP contribution is -2.25. The van der Waals surface area contributed by atoms with E-state index in [1.54, 1.807) is 12.3 Å². The smallest absolute Gasteiger partial charge is 0.246 e. The SMILES string of the molecule is O=C1Cn2ncc3cc(Br)c(F)c(c32)N1. The summed E-state index contributed by atoms with van der Waals surface area (Å²) in [5.74, 6) is -0.721. The minimum Gasteiger partial charge on any atom is -0.320 e. The quantitative estimate of drug-likeness (QED) is 0.794. The Balaban J connectivity index is 2.48. The first-order valence-electron chi connectivity index (χ1n) is 4.30. The minimum atomic E-state index is -0.461. The highest BCUT2D eigenvalue weighted by Crippen LogP contribution is 2.34. The first kappa shape index (κ1) is 8.84. The van der Waals surface area contributed by atoms with E-state index in [0.29, 0.717) is 9.99 Å². The molecule has 0 saturated carbocycles. The van der Waals surface area contributed by atoms with Gasteiger partial charge < -0.3 is 5.32 Å². The lowest BCUT2D eigenvalue weighted by molar-refractivity contribution is -0.117. The number of aromatic nitrogens is 2. The van der Waals surface area contributed by atoms with Crippen LogP contribution in [0.25, 0.3) is 10.9 Å². The average molecular weight is 270 g/mol. The van der Waals surface area contributed by atoms with Crippen molar-refractivity contribution in [3.05, 3.63) is 22.6 Å². The predicted molar refractivity (Wildman–Crippen MR) is 56.0 cm³/mol. The number of halogens is 2. The molecule has 0 bridgehead atoms. The molecule has 1 aliphatic heterocycles. The Morgan fingerprint density at radius 1 is 1.60 bits per heavy atom. The van der Waals surface area contributed by atoms with Gasteiger partial charge in [-0.2, -0.15) is 5.10 Å². The van der Waals surface area contributed by atoms with E-state index in [0.717, 1.165) is 5.39 Å².